The smallest absolute Gasteiger partial charge is 0.326 e. The molecule has 1 heterocycles. The molecule has 0 aromatic carbocycles. The predicted molar refractivity (Wildman–Crippen MR) is 80.6 cm³/mol. The van der Waals surface area contributed by atoms with Crippen LogP contribution >= 0.6 is 0 Å². The molecule has 4 nitrogen and oxygen atoms in total. The van der Waals surface area contributed by atoms with Crippen LogP contribution in [0, 0.1) is 5.92 Å². The Labute approximate surface area is 123 Å². The van der Waals surface area contributed by atoms with Gasteiger partial charge >= 0.3 is 5.97 Å². The van der Waals surface area contributed by atoms with Crippen molar-refractivity contribution in [3.05, 3.63) is 0 Å². The molecule has 1 aliphatic heterocycles. The number of esters is 1. The van der Waals surface area contributed by atoms with Gasteiger partial charge in [-0.3, -0.25) is 10.1 Å². The lowest BCUT2D eigenvalue weighted by Gasteiger charge is -2.44. The van der Waals surface area contributed by atoms with Crippen LogP contribution < -0.4 is 10.6 Å². The number of carbonyl (C=O) groups is 1. The van der Waals surface area contributed by atoms with Gasteiger partial charge in [0.25, 0.3) is 0 Å². The summed E-state index contributed by atoms with van der Waals surface area (Å²) in [6.45, 7) is 3.97. The number of nitrogens with one attached hydrogen (secondary N) is 2. The van der Waals surface area contributed by atoms with Crippen molar-refractivity contribution in [2.45, 2.75) is 69.9 Å². The first-order valence-corrected chi connectivity index (χ1v) is 8.29. The van der Waals surface area contributed by atoms with Gasteiger partial charge in [0.15, 0.2) is 0 Å². The molecule has 116 valence electrons. The second-order valence-electron chi connectivity index (χ2n) is 6.36. The fraction of sp³-hybridized carbons (Fsp3) is 0.938. The maximum Gasteiger partial charge on any atom is 0.326 e. The molecule has 1 saturated carbocycles. The summed E-state index contributed by atoms with van der Waals surface area (Å²) in [5.74, 6) is 0.266. The van der Waals surface area contributed by atoms with Crippen LogP contribution in [-0.2, 0) is 9.53 Å². The zero-order valence-corrected chi connectivity index (χ0v) is 13.0. The first-order valence-electron chi connectivity index (χ1n) is 8.29. The van der Waals surface area contributed by atoms with Crippen LogP contribution in [0.2, 0.25) is 0 Å². The number of piperidine rings is 1. The minimum atomic E-state index is -0.468. The van der Waals surface area contributed by atoms with Gasteiger partial charge in [-0.25, -0.2) is 0 Å². The molecule has 0 aromatic rings. The Balaban J connectivity index is 2.14. The molecular weight excluding hydrogens is 252 g/mol. The Hall–Kier alpha value is -0.610. The molecule has 2 fully saturated rings. The minimum absolute atomic E-state index is 0.0601. The average molecular weight is 282 g/mol. The third kappa shape index (κ3) is 3.34. The summed E-state index contributed by atoms with van der Waals surface area (Å²) in [7, 11) is 1.52. The van der Waals surface area contributed by atoms with Crippen molar-refractivity contribution in [2.75, 3.05) is 20.2 Å². The number of carbonyl (C=O) groups excluding carboxylic acids is 1. The summed E-state index contributed by atoms with van der Waals surface area (Å²) in [4.78, 5) is 12.5. The van der Waals surface area contributed by atoms with Crippen LogP contribution in [-0.4, -0.2) is 37.7 Å². The fourth-order valence-corrected chi connectivity index (χ4v) is 3.92. The second kappa shape index (κ2) is 7.41. The van der Waals surface area contributed by atoms with Crippen LogP contribution in [0.1, 0.15) is 58.3 Å². The Kier molecular flexibility index (Phi) is 5.85. The van der Waals surface area contributed by atoms with Crippen LogP contribution in [0.15, 0.2) is 0 Å². The molecular formula is C16H30N2O2. The Bertz CT molecular complexity index is 314. The van der Waals surface area contributed by atoms with Crippen molar-refractivity contribution >= 4 is 5.97 Å². The molecule has 2 atom stereocenters. The largest absolute Gasteiger partial charge is 0.468 e. The molecule has 0 radical (unpaired) electrons. The third-order valence-electron chi connectivity index (χ3n) is 5.14. The topological polar surface area (TPSA) is 50.4 Å². The van der Waals surface area contributed by atoms with E-state index in [1.165, 1.54) is 45.6 Å². The predicted octanol–water partition coefficient (Wildman–Crippen LogP) is 2.23. The van der Waals surface area contributed by atoms with Crippen molar-refractivity contribution in [1.82, 2.24) is 10.6 Å². The summed E-state index contributed by atoms with van der Waals surface area (Å²) >= 11 is 0. The van der Waals surface area contributed by atoms with E-state index in [1.54, 1.807) is 0 Å². The lowest BCUT2D eigenvalue weighted by atomic mass is 9.76. The molecule has 0 aromatic heterocycles. The number of ether oxygens (including phenoxy) is 1. The summed E-state index contributed by atoms with van der Waals surface area (Å²) in [5.41, 5.74) is -0.468. The Morgan fingerprint density at radius 2 is 2.00 bits per heavy atom. The molecule has 0 bridgehead atoms. The number of hydrogen-bond donors (Lipinski definition) is 2. The maximum absolute atomic E-state index is 12.5. The van der Waals surface area contributed by atoms with Crippen LogP contribution in [0.25, 0.3) is 0 Å². The monoisotopic (exact) mass is 282 g/mol. The molecule has 2 aliphatic rings. The molecule has 0 amide bonds. The molecule has 2 rings (SSSR count). The quantitative estimate of drug-likeness (QED) is 0.613. The average Bonchev–Trinajstić information content (AvgIpc) is 2.75. The molecule has 20 heavy (non-hydrogen) atoms. The summed E-state index contributed by atoms with van der Waals surface area (Å²) in [6, 6.07) is 0.476. The number of methoxy groups -OCH3 is 1. The van der Waals surface area contributed by atoms with Crippen molar-refractivity contribution in [1.29, 1.82) is 0 Å². The van der Waals surface area contributed by atoms with Crippen molar-refractivity contribution in [3.63, 3.8) is 0 Å². The number of hydrogen-bond acceptors (Lipinski definition) is 4. The van der Waals surface area contributed by atoms with E-state index < -0.39 is 5.54 Å². The molecule has 4 heteroatoms. The van der Waals surface area contributed by atoms with E-state index in [9.17, 15) is 4.79 Å². The standard InChI is InChI=1S/C16H30N2O2/c1-3-13-12-17-11-10-16(13,15(19)20-2)18-14-8-6-4-5-7-9-14/h13-14,17-18H,3-12H2,1-2H3. The van der Waals surface area contributed by atoms with E-state index in [-0.39, 0.29) is 5.97 Å². The summed E-state index contributed by atoms with van der Waals surface area (Å²) in [5, 5.41) is 7.17. The van der Waals surface area contributed by atoms with Gasteiger partial charge in [0.2, 0.25) is 0 Å². The van der Waals surface area contributed by atoms with Gasteiger partial charge in [-0.1, -0.05) is 32.6 Å². The van der Waals surface area contributed by atoms with Gasteiger partial charge in [0.1, 0.15) is 5.54 Å². The maximum atomic E-state index is 12.5. The van der Waals surface area contributed by atoms with E-state index in [4.69, 9.17) is 4.74 Å². The van der Waals surface area contributed by atoms with Crippen molar-refractivity contribution in [3.8, 4) is 0 Å². The van der Waals surface area contributed by atoms with Crippen molar-refractivity contribution < 1.29 is 9.53 Å². The lowest BCUT2D eigenvalue weighted by molar-refractivity contribution is -0.153. The fourth-order valence-electron chi connectivity index (χ4n) is 3.92. The van der Waals surface area contributed by atoms with E-state index >= 15 is 0 Å². The van der Waals surface area contributed by atoms with Crippen molar-refractivity contribution in [2.24, 2.45) is 5.92 Å². The highest BCUT2D eigenvalue weighted by atomic mass is 16.5. The van der Waals surface area contributed by atoms with E-state index in [1.807, 2.05) is 0 Å². The lowest BCUT2D eigenvalue weighted by Crippen LogP contribution is -2.66. The van der Waals surface area contributed by atoms with Crippen LogP contribution in [0.5, 0.6) is 0 Å². The normalized spacial score (nSPS) is 32.6. The van der Waals surface area contributed by atoms with Gasteiger partial charge < -0.3 is 10.1 Å². The SMILES string of the molecule is CCC1CNCCC1(NC1CCCCCC1)C(=O)OC. The highest BCUT2D eigenvalue weighted by molar-refractivity contribution is 5.81. The zero-order chi connectivity index (χ0) is 14.4. The zero-order valence-electron chi connectivity index (χ0n) is 13.0. The molecule has 1 saturated heterocycles. The van der Waals surface area contributed by atoms with Crippen LogP contribution in [0.4, 0.5) is 0 Å². The molecule has 2 N–H and O–H groups in total. The van der Waals surface area contributed by atoms with Gasteiger partial charge in [-0.15, -0.1) is 0 Å². The van der Waals surface area contributed by atoms with E-state index in [0.717, 1.165) is 25.9 Å². The van der Waals surface area contributed by atoms with Gasteiger partial charge in [0, 0.05) is 18.5 Å². The second-order valence-corrected chi connectivity index (χ2v) is 6.36. The van der Waals surface area contributed by atoms with E-state index in [0.29, 0.717) is 12.0 Å². The number of rotatable bonds is 4. The highest BCUT2D eigenvalue weighted by Gasteiger charge is 2.48. The van der Waals surface area contributed by atoms with Gasteiger partial charge in [0.05, 0.1) is 7.11 Å². The molecule has 0 spiro atoms. The van der Waals surface area contributed by atoms with Gasteiger partial charge in [-0.2, -0.15) is 0 Å². The Morgan fingerprint density at radius 1 is 1.30 bits per heavy atom. The first-order chi connectivity index (χ1) is 9.73. The summed E-state index contributed by atoms with van der Waals surface area (Å²) < 4.78 is 5.17. The molecule has 1 aliphatic carbocycles. The van der Waals surface area contributed by atoms with E-state index in [2.05, 4.69) is 17.6 Å². The first kappa shape index (κ1) is 15.8. The highest BCUT2D eigenvalue weighted by Crippen LogP contribution is 2.31. The van der Waals surface area contributed by atoms with Crippen LogP contribution in [0.3, 0.4) is 0 Å². The van der Waals surface area contributed by atoms with Gasteiger partial charge in [-0.05, 0) is 32.2 Å². The summed E-state index contributed by atoms with van der Waals surface area (Å²) in [6.07, 6.45) is 9.47. The third-order valence-corrected chi connectivity index (χ3v) is 5.14. The Morgan fingerprint density at radius 3 is 2.60 bits per heavy atom. The molecule has 2 unspecified atom stereocenters. The minimum Gasteiger partial charge on any atom is -0.468 e.